The third kappa shape index (κ3) is 4.29. The number of rotatable bonds is 6. The van der Waals surface area contributed by atoms with Crippen LogP contribution in [0.5, 0.6) is 5.75 Å². The molecule has 2 N–H and O–H groups in total. The number of hydrogen-bond donors (Lipinski definition) is 2. The molecule has 1 aliphatic heterocycles. The fraction of sp³-hybridized carbons (Fsp3) is 0.381. The molecule has 0 amide bonds. The van der Waals surface area contributed by atoms with Crippen LogP contribution < -0.4 is 0 Å². The SMILES string of the molecule is O=Cc1c(O)cccc1[C@H](O)C1CCN(CCc2ccc(F)cc2)CC1. The van der Waals surface area contributed by atoms with E-state index in [-0.39, 0.29) is 23.0 Å². The zero-order valence-corrected chi connectivity index (χ0v) is 14.6. The Morgan fingerprint density at radius 3 is 2.50 bits per heavy atom. The largest absolute Gasteiger partial charge is 0.507 e. The number of aromatic hydroxyl groups is 1. The van der Waals surface area contributed by atoms with Crippen molar-refractivity contribution in [2.75, 3.05) is 19.6 Å². The van der Waals surface area contributed by atoms with Crippen LogP contribution in [0.15, 0.2) is 42.5 Å². The van der Waals surface area contributed by atoms with Crippen LogP contribution in [-0.2, 0) is 6.42 Å². The highest BCUT2D eigenvalue weighted by molar-refractivity contribution is 5.81. The number of aliphatic hydroxyl groups is 1. The van der Waals surface area contributed by atoms with Gasteiger partial charge in [0, 0.05) is 6.54 Å². The van der Waals surface area contributed by atoms with Gasteiger partial charge in [0.25, 0.3) is 0 Å². The Hall–Kier alpha value is -2.24. The molecule has 1 atom stereocenters. The number of aldehydes is 1. The smallest absolute Gasteiger partial charge is 0.154 e. The molecule has 0 bridgehead atoms. The van der Waals surface area contributed by atoms with Gasteiger partial charge in [-0.15, -0.1) is 0 Å². The van der Waals surface area contributed by atoms with E-state index in [2.05, 4.69) is 4.90 Å². The van der Waals surface area contributed by atoms with Gasteiger partial charge in [0.15, 0.2) is 6.29 Å². The van der Waals surface area contributed by atoms with Gasteiger partial charge in [0.2, 0.25) is 0 Å². The third-order valence-electron chi connectivity index (χ3n) is 5.26. The van der Waals surface area contributed by atoms with Gasteiger partial charge in [-0.05, 0) is 67.6 Å². The average Bonchev–Trinajstić information content (AvgIpc) is 2.67. The van der Waals surface area contributed by atoms with E-state index >= 15 is 0 Å². The van der Waals surface area contributed by atoms with E-state index in [1.165, 1.54) is 18.2 Å². The van der Waals surface area contributed by atoms with Crippen molar-refractivity contribution in [2.24, 2.45) is 5.92 Å². The summed E-state index contributed by atoms with van der Waals surface area (Å²) in [5, 5.41) is 20.5. The first-order chi connectivity index (χ1) is 12.6. The maximum Gasteiger partial charge on any atom is 0.154 e. The summed E-state index contributed by atoms with van der Waals surface area (Å²) in [6.45, 7) is 2.65. The van der Waals surface area contributed by atoms with Crippen LogP contribution in [0.25, 0.3) is 0 Å². The molecule has 3 rings (SSSR count). The number of hydrogen-bond acceptors (Lipinski definition) is 4. The van der Waals surface area contributed by atoms with Crippen LogP contribution in [0.3, 0.4) is 0 Å². The van der Waals surface area contributed by atoms with E-state index in [1.54, 1.807) is 12.1 Å². The zero-order valence-electron chi connectivity index (χ0n) is 14.6. The van der Waals surface area contributed by atoms with Crippen molar-refractivity contribution < 1.29 is 19.4 Å². The van der Waals surface area contributed by atoms with Crippen LogP contribution >= 0.6 is 0 Å². The minimum Gasteiger partial charge on any atom is -0.507 e. The summed E-state index contributed by atoms with van der Waals surface area (Å²) < 4.78 is 12.9. The molecule has 26 heavy (non-hydrogen) atoms. The van der Waals surface area contributed by atoms with E-state index in [0.717, 1.165) is 44.5 Å². The molecular weight excluding hydrogens is 333 g/mol. The lowest BCUT2D eigenvalue weighted by Gasteiger charge is -2.34. The van der Waals surface area contributed by atoms with Crippen molar-refractivity contribution in [3.05, 3.63) is 65.0 Å². The van der Waals surface area contributed by atoms with Crippen molar-refractivity contribution >= 4 is 6.29 Å². The fourth-order valence-electron chi connectivity index (χ4n) is 3.64. The van der Waals surface area contributed by atoms with E-state index in [0.29, 0.717) is 11.8 Å². The average molecular weight is 357 g/mol. The topological polar surface area (TPSA) is 60.8 Å². The Balaban J connectivity index is 1.54. The number of likely N-dealkylation sites (tertiary alicyclic amines) is 1. The van der Waals surface area contributed by atoms with E-state index in [1.807, 2.05) is 12.1 Å². The minimum atomic E-state index is -0.749. The molecular formula is C21H24FNO3. The zero-order chi connectivity index (χ0) is 18.5. The van der Waals surface area contributed by atoms with Crippen molar-refractivity contribution in [3.63, 3.8) is 0 Å². The number of carbonyl (C=O) groups excluding carboxylic acids is 1. The fourth-order valence-corrected chi connectivity index (χ4v) is 3.64. The molecule has 5 heteroatoms. The van der Waals surface area contributed by atoms with Crippen LogP contribution in [0, 0.1) is 11.7 Å². The van der Waals surface area contributed by atoms with Crippen LogP contribution in [0.4, 0.5) is 4.39 Å². The summed E-state index contributed by atoms with van der Waals surface area (Å²) in [6, 6.07) is 11.4. The van der Waals surface area contributed by atoms with Crippen molar-refractivity contribution in [1.29, 1.82) is 0 Å². The van der Waals surface area contributed by atoms with Crippen LogP contribution in [-0.4, -0.2) is 41.0 Å². The number of halogens is 1. The van der Waals surface area contributed by atoms with Crippen LogP contribution in [0.1, 0.15) is 40.4 Å². The molecule has 138 valence electrons. The van der Waals surface area contributed by atoms with E-state index in [4.69, 9.17) is 0 Å². The van der Waals surface area contributed by atoms with Gasteiger partial charge in [-0.2, -0.15) is 0 Å². The first-order valence-corrected chi connectivity index (χ1v) is 9.00. The molecule has 0 aromatic heterocycles. The normalized spacial score (nSPS) is 17.2. The van der Waals surface area contributed by atoms with Gasteiger partial charge in [0.1, 0.15) is 11.6 Å². The lowest BCUT2D eigenvalue weighted by molar-refractivity contribution is 0.0583. The third-order valence-corrected chi connectivity index (χ3v) is 5.26. The number of phenolic OH excluding ortho intramolecular Hbond substituents is 1. The molecule has 1 fully saturated rings. The highest BCUT2D eigenvalue weighted by Gasteiger charge is 2.28. The first kappa shape index (κ1) is 18.5. The molecule has 0 spiro atoms. The van der Waals surface area contributed by atoms with Gasteiger partial charge in [-0.3, -0.25) is 4.79 Å². The summed E-state index contributed by atoms with van der Waals surface area (Å²) in [4.78, 5) is 13.6. The van der Waals surface area contributed by atoms with Crippen molar-refractivity contribution in [3.8, 4) is 5.75 Å². The number of carbonyl (C=O) groups is 1. The first-order valence-electron chi connectivity index (χ1n) is 9.00. The molecule has 0 radical (unpaired) electrons. The monoisotopic (exact) mass is 357 g/mol. The standard InChI is InChI=1S/C21H24FNO3/c22-17-6-4-15(5-7-17)8-11-23-12-9-16(10-13-23)21(26)18-2-1-3-20(25)19(18)14-24/h1-7,14,16,21,25-26H,8-13H2/t21-/m1/s1. The molecule has 4 nitrogen and oxygen atoms in total. The molecule has 2 aromatic rings. The van der Waals surface area contributed by atoms with E-state index < -0.39 is 6.10 Å². The number of piperidine rings is 1. The van der Waals surface area contributed by atoms with Gasteiger partial charge < -0.3 is 15.1 Å². The van der Waals surface area contributed by atoms with Gasteiger partial charge in [0.05, 0.1) is 11.7 Å². The van der Waals surface area contributed by atoms with Crippen molar-refractivity contribution in [2.45, 2.75) is 25.4 Å². The van der Waals surface area contributed by atoms with Crippen molar-refractivity contribution in [1.82, 2.24) is 4.90 Å². The Kier molecular flexibility index (Phi) is 6.01. The number of nitrogens with zero attached hydrogens (tertiary/aromatic N) is 1. The minimum absolute atomic E-state index is 0.0672. The van der Waals surface area contributed by atoms with E-state index in [9.17, 15) is 19.4 Å². The Morgan fingerprint density at radius 2 is 1.85 bits per heavy atom. The molecule has 0 unspecified atom stereocenters. The lowest BCUT2D eigenvalue weighted by atomic mass is 9.85. The Labute approximate surface area is 152 Å². The summed E-state index contributed by atoms with van der Waals surface area (Å²) in [7, 11) is 0. The summed E-state index contributed by atoms with van der Waals surface area (Å²) >= 11 is 0. The summed E-state index contributed by atoms with van der Waals surface area (Å²) in [5.41, 5.74) is 1.80. The Morgan fingerprint density at radius 1 is 1.15 bits per heavy atom. The second kappa shape index (κ2) is 8.43. The van der Waals surface area contributed by atoms with Crippen LogP contribution in [0.2, 0.25) is 0 Å². The molecule has 0 aliphatic carbocycles. The molecule has 1 aliphatic rings. The number of phenols is 1. The number of benzene rings is 2. The maximum atomic E-state index is 12.9. The maximum absolute atomic E-state index is 12.9. The second-order valence-corrected chi connectivity index (χ2v) is 6.90. The van der Waals surface area contributed by atoms with Gasteiger partial charge >= 0.3 is 0 Å². The highest BCUT2D eigenvalue weighted by atomic mass is 19.1. The summed E-state index contributed by atoms with van der Waals surface area (Å²) in [6.07, 6.45) is 2.39. The quantitative estimate of drug-likeness (QED) is 0.779. The van der Waals surface area contributed by atoms with Gasteiger partial charge in [-0.1, -0.05) is 24.3 Å². The highest BCUT2D eigenvalue weighted by Crippen LogP contribution is 2.34. The molecule has 1 saturated heterocycles. The second-order valence-electron chi connectivity index (χ2n) is 6.90. The predicted octanol–water partition coefficient (Wildman–Crippen LogP) is 3.33. The molecule has 0 saturated carbocycles. The molecule has 2 aromatic carbocycles. The Bertz CT molecular complexity index is 739. The van der Waals surface area contributed by atoms with Gasteiger partial charge in [-0.25, -0.2) is 4.39 Å². The summed E-state index contributed by atoms with van der Waals surface area (Å²) in [5.74, 6) is -0.240. The predicted molar refractivity (Wildman–Crippen MR) is 97.7 cm³/mol. The number of aliphatic hydroxyl groups excluding tert-OH is 1. The lowest BCUT2D eigenvalue weighted by Crippen LogP contribution is -2.37. The molecule has 1 heterocycles.